The van der Waals surface area contributed by atoms with Gasteiger partial charge in [-0.25, -0.2) is 0 Å². The van der Waals surface area contributed by atoms with Crippen LogP contribution in [0.25, 0.3) is 0 Å². The van der Waals surface area contributed by atoms with Gasteiger partial charge in [-0.2, -0.15) is 0 Å². The van der Waals surface area contributed by atoms with Crippen LogP contribution < -0.4 is 0 Å². The number of halogens is 1. The molecule has 0 saturated heterocycles. The van der Waals surface area contributed by atoms with Crippen LogP contribution in [0.2, 0.25) is 0 Å². The van der Waals surface area contributed by atoms with Crippen molar-refractivity contribution in [3.05, 3.63) is 20.8 Å². The Labute approximate surface area is 108 Å². The molecule has 0 unspecified atom stereocenters. The first-order chi connectivity index (χ1) is 7.77. The van der Waals surface area contributed by atoms with Crippen molar-refractivity contribution < 1.29 is 9.53 Å². The van der Waals surface area contributed by atoms with Gasteiger partial charge in [0.15, 0.2) is 5.78 Å². The molecular formula is C12H15BrO2S. The van der Waals surface area contributed by atoms with Crippen LogP contribution in [0, 0.1) is 0 Å². The molecule has 0 bridgehead atoms. The molecule has 1 fully saturated rings. The van der Waals surface area contributed by atoms with Crippen LogP contribution in [0.1, 0.15) is 41.8 Å². The first-order valence-electron chi connectivity index (χ1n) is 5.65. The lowest BCUT2D eigenvalue weighted by Crippen LogP contribution is -2.20. The van der Waals surface area contributed by atoms with E-state index in [0.717, 1.165) is 22.2 Å². The van der Waals surface area contributed by atoms with Crippen molar-refractivity contribution in [3.63, 3.8) is 0 Å². The van der Waals surface area contributed by atoms with Gasteiger partial charge in [-0.15, -0.1) is 11.3 Å². The summed E-state index contributed by atoms with van der Waals surface area (Å²) in [5.41, 5.74) is 0. The predicted molar refractivity (Wildman–Crippen MR) is 69.2 cm³/mol. The molecule has 2 nitrogen and oxygen atoms in total. The van der Waals surface area contributed by atoms with Crippen LogP contribution in [-0.2, 0) is 4.74 Å². The lowest BCUT2D eigenvalue weighted by molar-refractivity contribution is 0.0286. The minimum absolute atomic E-state index is 0.0902. The molecule has 1 aliphatic rings. The van der Waals surface area contributed by atoms with E-state index in [4.69, 9.17) is 4.74 Å². The van der Waals surface area contributed by atoms with E-state index in [1.807, 2.05) is 11.4 Å². The molecule has 1 aliphatic carbocycles. The molecule has 1 aromatic heterocycles. The average Bonchev–Trinajstić information content (AvgIpc) is 2.74. The van der Waals surface area contributed by atoms with E-state index in [0.29, 0.717) is 6.10 Å². The highest BCUT2D eigenvalue weighted by Crippen LogP contribution is 2.24. The molecule has 0 radical (unpaired) electrons. The lowest BCUT2D eigenvalue weighted by Gasteiger charge is -2.21. The van der Waals surface area contributed by atoms with Crippen LogP contribution in [0.15, 0.2) is 15.9 Å². The van der Waals surface area contributed by atoms with Gasteiger partial charge in [0.05, 0.1) is 11.0 Å². The summed E-state index contributed by atoms with van der Waals surface area (Å²) in [7, 11) is 0. The molecule has 0 aliphatic heterocycles. The van der Waals surface area contributed by atoms with Gasteiger partial charge in [0.2, 0.25) is 0 Å². The second-order valence-corrected chi connectivity index (χ2v) is 5.86. The molecule has 1 heterocycles. The molecule has 16 heavy (non-hydrogen) atoms. The van der Waals surface area contributed by atoms with E-state index in [1.165, 1.54) is 30.6 Å². The Morgan fingerprint density at radius 2 is 2.19 bits per heavy atom. The molecule has 4 heteroatoms. The van der Waals surface area contributed by atoms with E-state index in [1.54, 1.807) is 0 Å². The summed E-state index contributed by atoms with van der Waals surface area (Å²) in [6.45, 7) is 0.226. The van der Waals surface area contributed by atoms with E-state index >= 15 is 0 Å². The highest BCUT2D eigenvalue weighted by atomic mass is 79.9. The fraction of sp³-hybridized carbons (Fsp3) is 0.583. The maximum absolute atomic E-state index is 11.8. The molecular weight excluding hydrogens is 288 g/mol. The Hall–Kier alpha value is -0.190. The van der Waals surface area contributed by atoms with Crippen LogP contribution in [0.4, 0.5) is 0 Å². The summed E-state index contributed by atoms with van der Waals surface area (Å²) in [6.07, 6.45) is 6.31. The molecule has 0 spiro atoms. The Bertz CT molecular complexity index is 356. The van der Waals surface area contributed by atoms with E-state index < -0.39 is 0 Å². The third kappa shape index (κ3) is 3.15. The fourth-order valence-electron chi connectivity index (χ4n) is 1.98. The topological polar surface area (TPSA) is 26.3 Å². The SMILES string of the molecule is O=C(COC1CCCCC1)c1sccc1Br. The summed E-state index contributed by atoms with van der Waals surface area (Å²) >= 11 is 4.83. The van der Waals surface area contributed by atoms with E-state index in [9.17, 15) is 4.79 Å². The third-order valence-corrected chi connectivity index (χ3v) is 4.75. The molecule has 88 valence electrons. The van der Waals surface area contributed by atoms with Crippen molar-refractivity contribution in [1.82, 2.24) is 0 Å². The maximum Gasteiger partial charge on any atom is 0.199 e. The van der Waals surface area contributed by atoms with Gasteiger partial charge in [-0.3, -0.25) is 4.79 Å². The highest BCUT2D eigenvalue weighted by Gasteiger charge is 2.17. The van der Waals surface area contributed by atoms with Gasteiger partial charge in [-0.05, 0) is 40.2 Å². The Morgan fingerprint density at radius 3 is 2.81 bits per heavy atom. The van der Waals surface area contributed by atoms with Gasteiger partial charge >= 0.3 is 0 Å². The second-order valence-electron chi connectivity index (χ2n) is 4.09. The number of thiophene rings is 1. The molecule has 0 N–H and O–H groups in total. The minimum Gasteiger partial charge on any atom is -0.370 e. The third-order valence-electron chi connectivity index (χ3n) is 2.87. The number of rotatable bonds is 4. The summed E-state index contributed by atoms with van der Waals surface area (Å²) < 4.78 is 6.54. The zero-order valence-corrected chi connectivity index (χ0v) is 11.5. The van der Waals surface area contributed by atoms with Gasteiger partial charge in [0.25, 0.3) is 0 Å². The lowest BCUT2D eigenvalue weighted by atomic mass is 9.98. The van der Waals surface area contributed by atoms with Crippen molar-refractivity contribution in [1.29, 1.82) is 0 Å². The number of hydrogen-bond acceptors (Lipinski definition) is 3. The monoisotopic (exact) mass is 302 g/mol. The number of Topliss-reactive ketones (excluding diaryl/α,β-unsaturated/α-hetero) is 1. The zero-order valence-electron chi connectivity index (χ0n) is 9.08. The fourth-order valence-corrected chi connectivity index (χ4v) is 3.50. The standard InChI is InChI=1S/C12H15BrO2S/c13-10-6-7-16-12(10)11(14)8-15-9-4-2-1-3-5-9/h6-7,9H,1-5,8H2. The Kier molecular flexibility index (Phi) is 4.55. The van der Waals surface area contributed by atoms with Gasteiger partial charge in [0, 0.05) is 4.47 Å². The van der Waals surface area contributed by atoms with E-state index in [-0.39, 0.29) is 12.4 Å². The van der Waals surface area contributed by atoms with E-state index in [2.05, 4.69) is 15.9 Å². The predicted octanol–water partition coefficient (Wildman–Crippen LogP) is 4.04. The molecule has 0 atom stereocenters. The first kappa shape index (κ1) is 12.3. The van der Waals surface area contributed by atoms with Crippen LogP contribution in [0.5, 0.6) is 0 Å². The van der Waals surface area contributed by atoms with Crippen LogP contribution in [-0.4, -0.2) is 18.5 Å². The zero-order chi connectivity index (χ0) is 11.4. The largest absolute Gasteiger partial charge is 0.370 e. The molecule has 1 saturated carbocycles. The van der Waals surface area contributed by atoms with Gasteiger partial charge in [-0.1, -0.05) is 19.3 Å². The summed E-state index contributed by atoms with van der Waals surface area (Å²) in [6, 6.07) is 1.90. The van der Waals surface area contributed by atoms with Crippen molar-refractivity contribution in [2.75, 3.05) is 6.61 Å². The number of ether oxygens (including phenoxy) is 1. The Balaban J connectivity index is 1.81. The normalized spacial score (nSPS) is 17.6. The van der Waals surface area contributed by atoms with Crippen LogP contribution >= 0.6 is 27.3 Å². The minimum atomic E-state index is 0.0902. The molecule has 2 rings (SSSR count). The second kappa shape index (κ2) is 5.94. The van der Waals surface area contributed by atoms with Crippen molar-refractivity contribution in [2.45, 2.75) is 38.2 Å². The summed E-state index contributed by atoms with van der Waals surface area (Å²) in [5, 5.41) is 1.91. The Morgan fingerprint density at radius 1 is 1.44 bits per heavy atom. The first-order valence-corrected chi connectivity index (χ1v) is 7.32. The smallest absolute Gasteiger partial charge is 0.199 e. The van der Waals surface area contributed by atoms with Crippen molar-refractivity contribution >= 4 is 33.0 Å². The van der Waals surface area contributed by atoms with Crippen molar-refractivity contribution in [2.24, 2.45) is 0 Å². The average molecular weight is 303 g/mol. The van der Waals surface area contributed by atoms with Gasteiger partial charge in [0.1, 0.15) is 6.61 Å². The molecule has 0 aromatic carbocycles. The van der Waals surface area contributed by atoms with Gasteiger partial charge < -0.3 is 4.74 Å². The summed E-state index contributed by atoms with van der Waals surface area (Å²) in [5.74, 6) is 0.0902. The molecule has 0 amide bonds. The molecule has 1 aromatic rings. The number of hydrogen-bond donors (Lipinski definition) is 0. The number of carbonyl (C=O) groups is 1. The quantitative estimate of drug-likeness (QED) is 0.785. The maximum atomic E-state index is 11.8. The summed E-state index contributed by atoms with van der Waals surface area (Å²) in [4.78, 5) is 12.6. The number of ketones is 1. The van der Waals surface area contributed by atoms with Crippen molar-refractivity contribution in [3.8, 4) is 0 Å². The van der Waals surface area contributed by atoms with Crippen LogP contribution in [0.3, 0.4) is 0 Å². The number of carbonyl (C=O) groups excluding carboxylic acids is 1. The highest BCUT2D eigenvalue weighted by molar-refractivity contribution is 9.10.